The SMILES string of the molecule is O=C(COc1ccccc1)N[C@H](Cc1ccc(-c2cccc(Cl)c2)cc1)C[C@@H](O)C(=O)O. The summed E-state index contributed by atoms with van der Waals surface area (Å²) >= 11 is 6.06. The number of ether oxygens (including phenoxy) is 1. The number of carboxylic acid groups (broad SMARTS) is 1. The van der Waals surface area contributed by atoms with Crippen LogP contribution >= 0.6 is 11.6 Å². The van der Waals surface area contributed by atoms with Crippen LogP contribution in [0.3, 0.4) is 0 Å². The van der Waals surface area contributed by atoms with Crippen molar-refractivity contribution in [3.8, 4) is 16.9 Å². The molecule has 0 aliphatic carbocycles. The minimum atomic E-state index is -1.58. The van der Waals surface area contributed by atoms with Crippen molar-refractivity contribution >= 4 is 23.5 Å². The van der Waals surface area contributed by atoms with E-state index in [-0.39, 0.29) is 13.0 Å². The van der Waals surface area contributed by atoms with Crippen molar-refractivity contribution in [1.29, 1.82) is 0 Å². The van der Waals surface area contributed by atoms with Crippen molar-refractivity contribution < 1.29 is 24.5 Å². The summed E-state index contributed by atoms with van der Waals surface area (Å²) in [5.41, 5.74) is 2.86. The van der Waals surface area contributed by atoms with Crippen LogP contribution in [0.5, 0.6) is 5.75 Å². The van der Waals surface area contributed by atoms with Crippen LogP contribution in [-0.4, -0.2) is 40.8 Å². The van der Waals surface area contributed by atoms with Gasteiger partial charge in [-0.3, -0.25) is 4.79 Å². The number of aliphatic hydroxyl groups excluding tert-OH is 1. The smallest absolute Gasteiger partial charge is 0.332 e. The summed E-state index contributed by atoms with van der Waals surface area (Å²) in [6.07, 6.45) is -1.35. The normalized spacial score (nSPS) is 12.6. The number of hydrogen-bond acceptors (Lipinski definition) is 4. The predicted molar refractivity (Wildman–Crippen MR) is 123 cm³/mol. The number of carbonyl (C=O) groups excluding carboxylic acids is 1. The first-order valence-corrected chi connectivity index (χ1v) is 10.5. The zero-order valence-electron chi connectivity index (χ0n) is 17.3. The van der Waals surface area contributed by atoms with Gasteiger partial charge in [0.25, 0.3) is 5.91 Å². The molecule has 0 saturated carbocycles. The van der Waals surface area contributed by atoms with E-state index in [1.54, 1.807) is 24.3 Å². The molecule has 6 nitrogen and oxygen atoms in total. The van der Waals surface area contributed by atoms with E-state index in [0.29, 0.717) is 17.2 Å². The maximum atomic E-state index is 12.4. The van der Waals surface area contributed by atoms with Gasteiger partial charge in [-0.1, -0.05) is 66.2 Å². The fourth-order valence-electron chi connectivity index (χ4n) is 3.28. The third-order valence-electron chi connectivity index (χ3n) is 4.87. The lowest BCUT2D eigenvalue weighted by Gasteiger charge is -2.21. The second kappa shape index (κ2) is 11.3. The summed E-state index contributed by atoms with van der Waals surface area (Å²) < 4.78 is 5.44. The number of halogens is 1. The van der Waals surface area contributed by atoms with Crippen molar-refractivity contribution in [2.24, 2.45) is 0 Å². The summed E-state index contributed by atoms with van der Waals surface area (Å²) in [5, 5.41) is 22.3. The summed E-state index contributed by atoms with van der Waals surface area (Å²) in [4.78, 5) is 23.5. The number of rotatable bonds is 10. The number of amides is 1. The average Bonchev–Trinajstić information content (AvgIpc) is 2.79. The number of aliphatic hydroxyl groups is 1. The molecule has 0 heterocycles. The van der Waals surface area contributed by atoms with Crippen LogP contribution in [0.2, 0.25) is 5.02 Å². The van der Waals surface area contributed by atoms with E-state index in [2.05, 4.69) is 5.32 Å². The van der Waals surface area contributed by atoms with E-state index in [1.165, 1.54) is 0 Å². The molecule has 3 rings (SSSR count). The molecule has 0 saturated heterocycles. The Hall–Kier alpha value is -3.35. The Labute approximate surface area is 191 Å². The number of hydrogen-bond donors (Lipinski definition) is 3. The molecule has 0 spiro atoms. The van der Waals surface area contributed by atoms with Gasteiger partial charge in [-0.05, 0) is 47.4 Å². The molecule has 0 unspecified atom stereocenters. The maximum Gasteiger partial charge on any atom is 0.332 e. The Morgan fingerprint density at radius 2 is 1.66 bits per heavy atom. The standard InChI is InChI=1S/C25H24ClNO5/c26-20-6-4-5-19(14-20)18-11-9-17(10-12-18)13-21(15-23(28)25(30)31)27-24(29)16-32-22-7-2-1-3-8-22/h1-12,14,21,23,28H,13,15-16H2,(H,27,29)(H,30,31)/t21-,23-/m1/s1. The molecule has 0 aliphatic heterocycles. The van der Waals surface area contributed by atoms with Gasteiger partial charge in [0.2, 0.25) is 0 Å². The van der Waals surface area contributed by atoms with Gasteiger partial charge in [0.15, 0.2) is 12.7 Å². The van der Waals surface area contributed by atoms with Gasteiger partial charge < -0.3 is 20.3 Å². The summed E-state index contributed by atoms with van der Waals surface area (Å²) in [6, 6.07) is 23.5. The molecule has 3 aromatic rings. The molecule has 2 atom stereocenters. The third kappa shape index (κ3) is 7.11. The third-order valence-corrected chi connectivity index (χ3v) is 5.10. The van der Waals surface area contributed by atoms with Crippen molar-refractivity contribution in [3.05, 3.63) is 89.4 Å². The van der Waals surface area contributed by atoms with Crippen LogP contribution in [0, 0.1) is 0 Å². The highest BCUT2D eigenvalue weighted by atomic mass is 35.5. The monoisotopic (exact) mass is 453 g/mol. The number of aliphatic carboxylic acids is 1. The van der Waals surface area contributed by atoms with Gasteiger partial charge in [0, 0.05) is 17.5 Å². The Morgan fingerprint density at radius 3 is 2.31 bits per heavy atom. The van der Waals surface area contributed by atoms with E-state index in [0.717, 1.165) is 16.7 Å². The highest BCUT2D eigenvalue weighted by molar-refractivity contribution is 6.30. The van der Waals surface area contributed by atoms with Crippen molar-refractivity contribution in [2.75, 3.05) is 6.61 Å². The Bertz CT molecular complexity index is 1040. The molecular formula is C25H24ClNO5. The second-order valence-electron chi connectivity index (χ2n) is 7.37. The lowest BCUT2D eigenvalue weighted by atomic mass is 9.98. The van der Waals surface area contributed by atoms with Crippen molar-refractivity contribution in [3.63, 3.8) is 0 Å². The highest BCUT2D eigenvalue weighted by Crippen LogP contribution is 2.23. The molecule has 166 valence electrons. The minimum Gasteiger partial charge on any atom is -0.484 e. The predicted octanol–water partition coefficient (Wildman–Crippen LogP) is 3.95. The Balaban J connectivity index is 1.65. The first-order valence-electron chi connectivity index (χ1n) is 10.1. The summed E-state index contributed by atoms with van der Waals surface area (Å²) in [6.45, 7) is -0.211. The second-order valence-corrected chi connectivity index (χ2v) is 7.80. The van der Waals surface area contributed by atoms with Crippen LogP contribution in [0.25, 0.3) is 11.1 Å². The molecular weight excluding hydrogens is 430 g/mol. The van der Waals surface area contributed by atoms with Crippen LogP contribution in [-0.2, 0) is 16.0 Å². The van der Waals surface area contributed by atoms with E-state index in [1.807, 2.05) is 54.6 Å². The number of nitrogens with one attached hydrogen (secondary N) is 1. The fourth-order valence-corrected chi connectivity index (χ4v) is 3.47. The molecule has 0 bridgehead atoms. The lowest BCUT2D eigenvalue weighted by Crippen LogP contribution is -2.42. The van der Waals surface area contributed by atoms with Gasteiger partial charge in [-0.2, -0.15) is 0 Å². The molecule has 0 radical (unpaired) electrons. The van der Waals surface area contributed by atoms with E-state index >= 15 is 0 Å². The quantitative estimate of drug-likeness (QED) is 0.432. The Kier molecular flexibility index (Phi) is 8.25. The van der Waals surface area contributed by atoms with Gasteiger partial charge in [0.1, 0.15) is 5.75 Å². The molecule has 7 heteroatoms. The topological polar surface area (TPSA) is 95.9 Å². The lowest BCUT2D eigenvalue weighted by molar-refractivity contribution is -0.147. The average molecular weight is 454 g/mol. The molecule has 0 aromatic heterocycles. The number of carbonyl (C=O) groups is 2. The maximum absolute atomic E-state index is 12.4. The first kappa shape index (κ1) is 23.3. The van der Waals surface area contributed by atoms with Crippen LogP contribution in [0.15, 0.2) is 78.9 Å². The van der Waals surface area contributed by atoms with Gasteiger partial charge in [-0.15, -0.1) is 0 Å². The molecule has 3 aromatic carbocycles. The van der Waals surface area contributed by atoms with Gasteiger partial charge >= 0.3 is 5.97 Å². The molecule has 32 heavy (non-hydrogen) atoms. The van der Waals surface area contributed by atoms with Crippen molar-refractivity contribution in [1.82, 2.24) is 5.32 Å². The minimum absolute atomic E-state index is 0.123. The molecule has 3 N–H and O–H groups in total. The van der Waals surface area contributed by atoms with Gasteiger partial charge in [0.05, 0.1) is 0 Å². The number of para-hydroxylation sites is 1. The summed E-state index contributed by atoms with van der Waals surface area (Å²) in [5.74, 6) is -1.17. The Morgan fingerprint density at radius 1 is 0.938 bits per heavy atom. The van der Waals surface area contributed by atoms with E-state index in [4.69, 9.17) is 21.4 Å². The summed E-state index contributed by atoms with van der Waals surface area (Å²) in [7, 11) is 0. The zero-order valence-corrected chi connectivity index (χ0v) is 18.0. The number of benzene rings is 3. The first-order chi connectivity index (χ1) is 15.4. The van der Waals surface area contributed by atoms with E-state index in [9.17, 15) is 14.7 Å². The van der Waals surface area contributed by atoms with Crippen LogP contribution < -0.4 is 10.1 Å². The van der Waals surface area contributed by atoms with Gasteiger partial charge in [-0.25, -0.2) is 4.79 Å². The van der Waals surface area contributed by atoms with Crippen LogP contribution in [0.4, 0.5) is 0 Å². The van der Waals surface area contributed by atoms with E-state index < -0.39 is 24.0 Å². The molecule has 1 amide bonds. The fraction of sp³-hybridized carbons (Fsp3) is 0.200. The number of carboxylic acids is 1. The molecule has 0 aliphatic rings. The largest absolute Gasteiger partial charge is 0.484 e. The molecule has 0 fully saturated rings. The highest BCUT2D eigenvalue weighted by Gasteiger charge is 2.22. The van der Waals surface area contributed by atoms with Crippen LogP contribution in [0.1, 0.15) is 12.0 Å². The van der Waals surface area contributed by atoms with Crippen molar-refractivity contribution in [2.45, 2.75) is 25.0 Å². The zero-order chi connectivity index (χ0) is 22.9.